The van der Waals surface area contributed by atoms with Gasteiger partial charge in [-0.3, -0.25) is 0 Å². The highest BCUT2D eigenvalue weighted by atomic mass is 16.3. The molecule has 0 heterocycles. The molecule has 1 saturated carbocycles. The maximum Gasteiger partial charge on any atom is 0.238 e. The summed E-state index contributed by atoms with van der Waals surface area (Å²) in [5.74, 6) is 0. The van der Waals surface area contributed by atoms with E-state index in [0.29, 0.717) is 6.42 Å². The monoisotopic (exact) mass is 198 g/mol. The van der Waals surface area contributed by atoms with E-state index in [1.807, 2.05) is 0 Å². The fourth-order valence-corrected chi connectivity index (χ4v) is 1.54. The average Bonchev–Trinajstić information content (AvgIpc) is 2.13. The van der Waals surface area contributed by atoms with Gasteiger partial charge in [0.05, 0.1) is 6.10 Å². The minimum atomic E-state index is -1.71. The zero-order chi connectivity index (χ0) is 10.6. The van der Waals surface area contributed by atoms with Crippen LogP contribution in [0.2, 0.25) is 0 Å². The fraction of sp³-hybridized carbons (Fsp3) is 0.750. The van der Waals surface area contributed by atoms with Gasteiger partial charge in [0, 0.05) is 12.8 Å². The molecule has 76 valence electrons. The number of hydrogen-bond donors (Lipinski definition) is 2. The second kappa shape index (κ2) is 4.26. The normalized spacial score (nSPS) is 36.7. The molecule has 0 radical (unpaired) electrons. The highest BCUT2D eigenvalue weighted by Crippen LogP contribution is 2.31. The Morgan fingerprint density at radius 3 is 2.64 bits per heavy atom. The largest absolute Gasteiger partial charge is 0.393 e. The van der Waals surface area contributed by atoms with Crippen LogP contribution < -0.4 is 0 Å². The summed E-state index contributed by atoms with van der Waals surface area (Å²) in [4.78, 5) is 26.6. The van der Waals surface area contributed by atoms with Crippen LogP contribution >= 0.6 is 0 Å². The van der Waals surface area contributed by atoms with E-state index in [0.717, 1.165) is 0 Å². The molecule has 0 aromatic heterocycles. The molecular weight excluding hydrogens is 188 g/mol. The number of nitrogens with zero attached hydrogens (tertiary/aromatic N) is 2. The van der Waals surface area contributed by atoms with Gasteiger partial charge in [0.1, 0.15) is 6.04 Å². The third-order valence-electron chi connectivity index (χ3n) is 2.32. The van der Waals surface area contributed by atoms with Crippen molar-refractivity contribution in [3.05, 3.63) is 0 Å². The van der Waals surface area contributed by atoms with Crippen molar-refractivity contribution >= 4 is 12.2 Å². The number of rotatable bonds is 2. The molecule has 6 nitrogen and oxygen atoms in total. The molecule has 2 N–H and O–H groups in total. The molecule has 1 aliphatic carbocycles. The highest BCUT2D eigenvalue weighted by molar-refractivity contribution is 5.37. The number of aliphatic hydroxyl groups excluding tert-OH is 1. The Balaban J connectivity index is 2.91. The molecule has 0 spiro atoms. The lowest BCUT2D eigenvalue weighted by molar-refractivity contribution is -0.0406. The Morgan fingerprint density at radius 1 is 1.36 bits per heavy atom. The molecule has 1 aliphatic rings. The first-order valence-electron chi connectivity index (χ1n) is 4.19. The van der Waals surface area contributed by atoms with Gasteiger partial charge in [0.25, 0.3) is 0 Å². The summed E-state index contributed by atoms with van der Waals surface area (Å²) in [7, 11) is 0. The lowest BCUT2D eigenvalue weighted by Gasteiger charge is -2.34. The van der Waals surface area contributed by atoms with Crippen molar-refractivity contribution in [3.8, 4) is 0 Å². The Hall–Kier alpha value is -1.32. The molecule has 1 fully saturated rings. The maximum atomic E-state index is 10.1. The van der Waals surface area contributed by atoms with Gasteiger partial charge in [-0.2, -0.15) is 9.98 Å². The number of aliphatic imine (C=N–C) groups is 2. The standard InChI is InChI=1S/C8H10N2O4/c11-4-9-7-3-6(13)1-2-8(7,14)10-5-12/h6-7,13-14H,1-3H2. The Kier molecular flexibility index (Phi) is 3.28. The van der Waals surface area contributed by atoms with Crippen molar-refractivity contribution in [1.82, 2.24) is 0 Å². The van der Waals surface area contributed by atoms with Crippen LogP contribution in [0.5, 0.6) is 0 Å². The summed E-state index contributed by atoms with van der Waals surface area (Å²) in [6, 6.07) is -0.912. The lowest BCUT2D eigenvalue weighted by Crippen LogP contribution is -2.45. The molecular formula is C8H10N2O4. The quantitative estimate of drug-likeness (QED) is 0.451. The number of isocyanates is 2. The molecule has 3 unspecified atom stereocenters. The summed E-state index contributed by atoms with van der Waals surface area (Å²) >= 11 is 0. The molecule has 0 saturated heterocycles. The van der Waals surface area contributed by atoms with Gasteiger partial charge in [-0.05, 0) is 6.42 Å². The minimum absolute atomic E-state index is 0.0826. The van der Waals surface area contributed by atoms with Crippen molar-refractivity contribution in [3.63, 3.8) is 0 Å². The summed E-state index contributed by atoms with van der Waals surface area (Å²) < 4.78 is 0. The van der Waals surface area contributed by atoms with E-state index in [1.54, 1.807) is 0 Å². The third-order valence-corrected chi connectivity index (χ3v) is 2.32. The second-order valence-corrected chi connectivity index (χ2v) is 3.25. The molecule has 6 heteroatoms. The number of carbonyl (C=O) groups excluding carboxylic acids is 2. The van der Waals surface area contributed by atoms with E-state index in [-0.39, 0.29) is 12.8 Å². The average molecular weight is 198 g/mol. The van der Waals surface area contributed by atoms with Gasteiger partial charge in [0.2, 0.25) is 12.2 Å². The van der Waals surface area contributed by atoms with E-state index in [4.69, 9.17) is 0 Å². The Morgan fingerprint density at radius 2 is 2.07 bits per heavy atom. The summed E-state index contributed by atoms with van der Waals surface area (Å²) in [5, 5.41) is 19.0. The number of hydrogen-bond acceptors (Lipinski definition) is 6. The van der Waals surface area contributed by atoms with Crippen molar-refractivity contribution in [2.75, 3.05) is 0 Å². The van der Waals surface area contributed by atoms with Gasteiger partial charge >= 0.3 is 0 Å². The first-order chi connectivity index (χ1) is 6.62. The van der Waals surface area contributed by atoms with E-state index in [9.17, 15) is 19.8 Å². The van der Waals surface area contributed by atoms with E-state index >= 15 is 0 Å². The van der Waals surface area contributed by atoms with Crippen LogP contribution in [-0.4, -0.2) is 40.2 Å². The molecule has 3 atom stereocenters. The smallest absolute Gasteiger partial charge is 0.238 e. The van der Waals surface area contributed by atoms with Crippen LogP contribution in [0.1, 0.15) is 19.3 Å². The van der Waals surface area contributed by atoms with Gasteiger partial charge in [0.15, 0.2) is 5.72 Å². The maximum absolute atomic E-state index is 10.1. The molecule has 1 rings (SSSR count). The third kappa shape index (κ3) is 2.13. The Labute approximate surface area is 80.0 Å². The van der Waals surface area contributed by atoms with Gasteiger partial charge in [-0.15, -0.1) is 0 Å². The van der Waals surface area contributed by atoms with Crippen LogP contribution in [0, 0.1) is 0 Å². The zero-order valence-electron chi connectivity index (χ0n) is 7.38. The molecule has 0 aliphatic heterocycles. The van der Waals surface area contributed by atoms with E-state index in [1.165, 1.54) is 12.2 Å². The van der Waals surface area contributed by atoms with Crippen LogP contribution in [0.4, 0.5) is 0 Å². The summed E-state index contributed by atoms with van der Waals surface area (Å²) in [6.45, 7) is 0. The van der Waals surface area contributed by atoms with Crippen LogP contribution in [-0.2, 0) is 9.59 Å². The first-order valence-corrected chi connectivity index (χ1v) is 4.19. The van der Waals surface area contributed by atoms with Gasteiger partial charge in [-0.1, -0.05) is 0 Å². The SMILES string of the molecule is O=C=NC1CC(O)CCC1(O)N=C=O. The number of aliphatic hydroxyl groups is 2. The van der Waals surface area contributed by atoms with Gasteiger partial charge in [-0.25, -0.2) is 9.59 Å². The summed E-state index contributed by atoms with van der Waals surface area (Å²) in [6.07, 6.45) is 2.37. The predicted molar refractivity (Wildman–Crippen MR) is 44.8 cm³/mol. The first kappa shape index (κ1) is 10.8. The molecule has 0 aromatic carbocycles. The molecule has 0 aromatic rings. The van der Waals surface area contributed by atoms with Crippen LogP contribution in [0.25, 0.3) is 0 Å². The molecule has 0 amide bonds. The van der Waals surface area contributed by atoms with Crippen molar-refractivity contribution in [2.45, 2.75) is 37.1 Å². The predicted octanol–water partition coefficient (Wildman–Crippen LogP) is -0.740. The zero-order valence-corrected chi connectivity index (χ0v) is 7.38. The Bertz CT molecular complexity index is 306. The van der Waals surface area contributed by atoms with Crippen LogP contribution in [0.3, 0.4) is 0 Å². The van der Waals surface area contributed by atoms with Crippen LogP contribution in [0.15, 0.2) is 9.98 Å². The van der Waals surface area contributed by atoms with Crippen molar-refractivity contribution < 1.29 is 19.8 Å². The second-order valence-electron chi connectivity index (χ2n) is 3.25. The summed E-state index contributed by atoms with van der Waals surface area (Å²) in [5.41, 5.74) is -1.71. The fourth-order valence-electron chi connectivity index (χ4n) is 1.54. The molecule has 14 heavy (non-hydrogen) atoms. The van der Waals surface area contributed by atoms with E-state index in [2.05, 4.69) is 9.98 Å². The highest BCUT2D eigenvalue weighted by Gasteiger charge is 2.42. The van der Waals surface area contributed by atoms with E-state index < -0.39 is 17.9 Å². The minimum Gasteiger partial charge on any atom is -0.393 e. The van der Waals surface area contributed by atoms with Crippen molar-refractivity contribution in [1.29, 1.82) is 0 Å². The lowest BCUT2D eigenvalue weighted by atomic mass is 9.86. The topological polar surface area (TPSA) is 99.3 Å². The van der Waals surface area contributed by atoms with Crippen molar-refractivity contribution in [2.24, 2.45) is 9.98 Å². The van der Waals surface area contributed by atoms with Gasteiger partial charge < -0.3 is 10.2 Å². The molecule has 0 bridgehead atoms.